The van der Waals surface area contributed by atoms with Crippen LogP contribution in [0.4, 0.5) is 0 Å². The highest BCUT2D eigenvalue weighted by atomic mass is 16.5. The van der Waals surface area contributed by atoms with E-state index in [0.29, 0.717) is 13.1 Å². The largest absolute Gasteiger partial charge is 0.462 e. The van der Waals surface area contributed by atoms with Crippen LogP contribution < -0.4 is 11.1 Å². The number of piperazine rings is 1. The van der Waals surface area contributed by atoms with Gasteiger partial charge in [0.15, 0.2) is 0 Å². The zero-order valence-electron chi connectivity index (χ0n) is 9.73. The fourth-order valence-corrected chi connectivity index (χ4v) is 1.68. The van der Waals surface area contributed by atoms with Crippen LogP contribution in [0.1, 0.15) is 13.8 Å². The summed E-state index contributed by atoms with van der Waals surface area (Å²) in [6, 6.07) is -0.423. The molecule has 1 fully saturated rings. The molecule has 0 aliphatic carbocycles. The summed E-state index contributed by atoms with van der Waals surface area (Å²) < 4.78 is 5.03. The Morgan fingerprint density at radius 1 is 1.56 bits per heavy atom. The van der Waals surface area contributed by atoms with Crippen LogP contribution in [0.25, 0.3) is 0 Å². The molecule has 3 N–H and O–H groups in total. The van der Waals surface area contributed by atoms with Crippen molar-refractivity contribution in [2.75, 3.05) is 26.2 Å². The minimum Gasteiger partial charge on any atom is -0.462 e. The molecule has 92 valence electrons. The summed E-state index contributed by atoms with van der Waals surface area (Å²) in [6.07, 6.45) is -0.137. The van der Waals surface area contributed by atoms with Crippen molar-refractivity contribution in [2.24, 2.45) is 5.73 Å². The fraction of sp³-hybridized carbons (Fsp3) is 0.800. The average molecular weight is 229 g/mol. The molecule has 6 heteroatoms. The third kappa shape index (κ3) is 3.79. The standard InChI is InChI=1S/C10H19N3O3/c1-7(2)16-9(14)6-13-4-3-12-5-8(13)10(11)15/h7-8,12H,3-6H2,1-2H3,(H2,11,15). The van der Waals surface area contributed by atoms with E-state index in [-0.39, 0.29) is 18.6 Å². The highest BCUT2D eigenvalue weighted by Gasteiger charge is 2.28. The molecular weight excluding hydrogens is 210 g/mol. The summed E-state index contributed by atoms with van der Waals surface area (Å²) >= 11 is 0. The van der Waals surface area contributed by atoms with E-state index in [2.05, 4.69) is 5.32 Å². The molecular formula is C10H19N3O3. The molecule has 1 rings (SSSR count). The second kappa shape index (κ2) is 5.81. The van der Waals surface area contributed by atoms with Crippen LogP contribution in [-0.4, -0.2) is 55.1 Å². The second-order valence-corrected chi connectivity index (χ2v) is 4.13. The first-order valence-corrected chi connectivity index (χ1v) is 5.44. The van der Waals surface area contributed by atoms with Crippen LogP contribution in [0.15, 0.2) is 0 Å². The van der Waals surface area contributed by atoms with Crippen LogP contribution in [0.5, 0.6) is 0 Å². The van der Waals surface area contributed by atoms with Crippen molar-refractivity contribution in [1.29, 1.82) is 0 Å². The van der Waals surface area contributed by atoms with Gasteiger partial charge in [0.25, 0.3) is 0 Å². The number of hydrogen-bond acceptors (Lipinski definition) is 5. The maximum absolute atomic E-state index is 11.5. The third-order valence-electron chi connectivity index (χ3n) is 2.38. The highest BCUT2D eigenvalue weighted by molar-refractivity contribution is 5.81. The van der Waals surface area contributed by atoms with Gasteiger partial charge in [-0.3, -0.25) is 14.5 Å². The summed E-state index contributed by atoms with van der Waals surface area (Å²) in [7, 11) is 0. The average Bonchev–Trinajstić information content (AvgIpc) is 2.16. The number of primary amides is 1. The number of hydrogen-bond donors (Lipinski definition) is 2. The van der Waals surface area contributed by atoms with Crippen LogP contribution >= 0.6 is 0 Å². The van der Waals surface area contributed by atoms with Crippen LogP contribution in [0.2, 0.25) is 0 Å². The maximum Gasteiger partial charge on any atom is 0.320 e. The van der Waals surface area contributed by atoms with Gasteiger partial charge in [-0.1, -0.05) is 0 Å². The van der Waals surface area contributed by atoms with Gasteiger partial charge in [0.2, 0.25) is 5.91 Å². The second-order valence-electron chi connectivity index (χ2n) is 4.13. The number of nitrogens with zero attached hydrogens (tertiary/aromatic N) is 1. The van der Waals surface area contributed by atoms with Crippen molar-refractivity contribution in [3.63, 3.8) is 0 Å². The van der Waals surface area contributed by atoms with E-state index < -0.39 is 11.9 Å². The van der Waals surface area contributed by atoms with Gasteiger partial charge in [-0.05, 0) is 13.8 Å². The van der Waals surface area contributed by atoms with Crippen LogP contribution in [0.3, 0.4) is 0 Å². The monoisotopic (exact) mass is 229 g/mol. The molecule has 1 atom stereocenters. The van der Waals surface area contributed by atoms with Gasteiger partial charge >= 0.3 is 5.97 Å². The quantitative estimate of drug-likeness (QED) is 0.585. The highest BCUT2D eigenvalue weighted by Crippen LogP contribution is 2.03. The van der Waals surface area contributed by atoms with Gasteiger partial charge < -0.3 is 15.8 Å². The number of esters is 1. The molecule has 0 radical (unpaired) electrons. The smallest absolute Gasteiger partial charge is 0.320 e. The lowest BCUT2D eigenvalue weighted by Crippen LogP contribution is -2.58. The Hall–Kier alpha value is -1.14. The van der Waals surface area contributed by atoms with Gasteiger partial charge in [0.1, 0.15) is 6.04 Å². The van der Waals surface area contributed by atoms with Crippen molar-refractivity contribution in [2.45, 2.75) is 26.0 Å². The number of nitrogens with two attached hydrogens (primary N) is 1. The molecule has 0 spiro atoms. The molecule has 0 aromatic rings. The maximum atomic E-state index is 11.5. The molecule has 16 heavy (non-hydrogen) atoms. The van der Waals surface area contributed by atoms with E-state index >= 15 is 0 Å². The Labute approximate surface area is 95.1 Å². The Morgan fingerprint density at radius 2 is 2.25 bits per heavy atom. The molecule has 1 aliphatic rings. The number of ether oxygens (including phenoxy) is 1. The van der Waals surface area contributed by atoms with Gasteiger partial charge in [-0.15, -0.1) is 0 Å². The molecule has 0 bridgehead atoms. The van der Waals surface area contributed by atoms with Crippen molar-refractivity contribution in [1.82, 2.24) is 10.2 Å². The van der Waals surface area contributed by atoms with Crippen molar-refractivity contribution < 1.29 is 14.3 Å². The molecule has 1 unspecified atom stereocenters. The lowest BCUT2D eigenvalue weighted by atomic mass is 10.2. The first-order valence-electron chi connectivity index (χ1n) is 5.44. The minimum absolute atomic E-state index is 0.119. The van der Waals surface area contributed by atoms with Crippen molar-refractivity contribution in [3.8, 4) is 0 Å². The van der Waals surface area contributed by atoms with Crippen molar-refractivity contribution >= 4 is 11.9 Å². The minimum atomic E-state index is -0.423. The number of carbonyl (C=O) groups is 2. The number of carbonyl (C=O) groups excluding carboxylic acids is 2. The predicted molar refractivity (Wildman–Crippen MR) is 58.7 cm³/mol. The normalized spacial score (nSPS) is 22.1. The molecule has 1 amide bonds. The molecule has 1 heterocycles. The first kappa shape index (κ1) is 12.9. The number of amides is 1. The Morgan fingerprint density at radius 3 is 2.81 bits per heavy atom. The van der Waals surface area contributed by atoms with E-state index in [1.807, 2.05) is 0 Å². The summed E-state index contributed by atoms with van der Waals surface area (Å²) in [4.78, 5) is 24.4. The van der Waals surface area contributed by atoms with E-state index in [0.717, 1.165) is 6.54 Å². The SMILES string of the molecule is CC(C)OC(=O)CN1CCNCC1C(N)=O. The zero-order valence-corrected chi connectivity index (χ0v) is 9.73. The van der Waals surface area contributed by atoms with Crippen LogP contribution in [-0.2, 0) is 14.3 Å². The lowest BCUT2D eigenvalue weighted by molar-refractivity contribution is -0.150. The molecule has 6 nitrogen and oxygen atoms in total. The fourth-order valence-electron chi connectivity index (χ4n) is 1.68. The molecule has 0 aromatic carbocycles. The molecule has 1 saturated heterocycles. The summed E-state index contributed by atoms with van der Waals surface area (Å²) in [5.74, 6) is -0.729. The molecule has 1 aliphatic heterocycles. The van der Waals surface area contributed by atoms with E-state index in [1.165, 1.54) is 0 Å². The van der Waals surface area contributed by atoms with Gasteiger partial charge in [-0.2, -0.15) is 0 Å². The Balaban J connectivity index is 2.49. The first-order chi connectivity index (χ1) is 7.50. The lowest BCUT2D eigenvalue weighted by Gasteiger charge is -2.33. The van der Waals surface area contributed by atoms with E-state index in [4.69, 9.17) is 10.5 Å². The topological polar surface area (TPSA) is 84.7 Å². The Kier molecular flexibility index (Phi) is 4.70. The third-order valence-corrected chi connectivity index (χ3v) is 2.38. The van der Waals surface area contributed by atoms with Gasteiger partial charge in [0.05, 0.1) is 12.6 Å². The van der Waals surface area contributed by atoms with Crippen LogP contribution in [0, 0.1) is 0 Å². The summed E-state index contributed by atoms with van der Waals surface area (Å²) in [6.45, 7) is 5.57. The number of nitrogens with one attached hydrogen (secondary N) is 1. The number of rotatable bonds is 4. The molecule has 0 saturated carbocycles. The zero-order chi connectivity index (χ0) is 12.1. The summed E-state index contributed by atoms with van der Waals surface area (Å²) in [5.41, 5.74) is 5.26. The van der Waals surface area contributed by atoms with Gasteiger partial charge in [0, 0.05) is 19.6 Å². The van der Waals surface area contributed by atoms with E-state index in [9.17, 15) is 9.59 Å². The Bertz CT molecular complexity index is 268. The van der Waals surface area contributed by atoms with Crippen molar-refractivity contribution in [3.05, 3.63) is 0 Å². The predicted octanol–water partition coefficient (Wildman–Crippen LogP) is -1.30. The summed E-state index contributed by atoms with van der Waals surface area (Å²) in [5, 5.41) is 3.07. The van der Waals surface area contributed by atoms with E-state index in [1.54, 1.807) is 18.7 Å². The van der Waals surface area contributed by atoms with Gasteiger partial charge in [-0.25, -0.2) is 0 Å². The molecule has 0 aromatic heterocycles.